The Morgan fingerprint density at radius 2 is 1.57 bits per heavy atom. The van der Waals surface area contributed by atoms with Gasteiger partial charge in [-0.15, -0.1) is 0 Å². The van der Waals surface area contributed by atoms with Crippen LogP contribution < -0.4 is 13.9 Å². The third kappa shape index (κ3) is 3.52. The van der Waals surface area contributed by atoms with Crippen LogP contribution in [0.4, 0.5) is 16.2 Å². The second-order valence-corrected chi connectivity index (χ2v) is 8.77. The largest absolute Gasteiger partial charge is 0.494 e. The molecule has 7 heteroatoms. The monoisotopic (exact) mass is 422 g/mol. The molecule has 154 valence electrons. The van der Waals surface area contributed by atoms with Crippen LogP contribution in [0.3, 0.4) is 0 Å². The maximum Gasteiger partial charge on any atom is 0.343 e. The Morgan fingerprint density at radius 3 is 2.23 bits per heavy atom. The van der Waals surface area contributed by atoms with Crippen molar-refractivity contribution < 1.29 is 17.9 Å². The minimum absolute atomic E-state index is 0.102. The molecule has 1 heterocycles. The summed E-state index contributed by atoms with van der Waals surface area (Å²) in [4.78, 5) is 15.0. The van der Waals surface area contributed by atoms with Gasteiger partial charge in [-0.05, 0) is 55.8 Å². The number of anilines is 2. The number of sulfonamides is 1. The number of urea groups is 1. The number of aryl methyl sites for hydroxylation is 1. The highest BCUT2D eigenvalue weighted by Crippen LogP contribution is 2.38. The summed E-state index contributed by atoms with van der Waals surface area (Å²) in [6.45, 7) is 4.62. The number of rotatable bonds is 5. The maximum atomic E-state index is 13.4. The van der Waals surface area contributed by atoms with Crippen molar-refractivity contribution in [3.8, 4) is 5.75 Å². The number of amides is 2. The zero-order chi connectivity index (χ0) is 21.3. The Labute approximate surface area is 176 Å². The number of hydrogen-bond acceptors (Lipinski definition) is 4. The summed E-state index contributed by atoms with van der Waals surface area (Å²) in [6, 6.07) is 20.3. The van der Waals surface area contributed by atoms with Crippen molar-refractivity contribution in [3.63, 3.8) is 0 Å². The van der Waals surface area contributed by atoms with Crippen molar-refractivity contribution in [3.05, 3.63) is 83.9 Å². The lowest BCUT2D eigenvalue weighted by atomic mass is 10.1. The predicted octanol–water partition coefficient (Wildman–Crippen LogP) is 4.73. The van der Waals surface area contributed by atoms with Crippen LogP contribution in [-0.4, -0.2) is 21.1 Å². The fraction of sp³-hybridized carbons (Fsp3) is 0.174. The Balaban J connectivity index is 1.79. The molecule has 0 atom stereocenters. The first-order valence-corrected chi connectivity index (χ1v) is 11.1. The molecular weight excluding hydrogens is 400 g/mol. The number of hydrogen-bond donors (Lipinski definition) is 0. The highest BCUT2D eigenvalue weighted by molar-refractivity contribution is 7.94. The maximum absolute atomic E-state index is 13.4. The molecule has 0 radical (unpaired) electrons. The third-order valence-corrected chi connectivity index (χ3v) is 6.67. The van der Waals surface area contributed by atoms with Crippen LogP contribution in [-0.2, 0) is 16.6 Å². The van der Waals surface area contributed by atoms with Gasteiger partial charge < -0.3 is 4.74 Å². The molecule has 1 aliphatic rings. The van der Waals surface area contributed by atoms with Crippen molar-refractivity contribution in [1.82, 2.24) is 0 Å². The van der Waals surface area contributed by atoms with Crippen molar-refractivity contribution in [2.45, 2.75) is 25.3 Å². The summed E-state index contributed by atoms with van der Waals surface area (Å²) >= 11 is 0. The normalized spacial score (nSPS) is 15.1. The van der Waals surface area contributed by atoms with E-state index in [4.69, 9.17) is 4.74 Å². The van der Waals surface area contributed by atoms with Gasteiger partial charge in [0.25, 0.3) is 10.0 Å². The Morgan fingerprint density at radius 1 is 0.900 bits per heavy atom. The highest BCUT2D eigenvalue weighted by Gasteiger charge is 2.42. The predicted molar refractivity (Wildman–Crippen MR) is 116 cm³/mol. The molecule has 1 aliphatic heterocycles. The quantitative estimate of drug-likeness (QED) is 0.596. The van der Waals surface area contributed by atoms with E-state index in [1.54, 1.807) is 42.5 Å². The van der Waals surface area contributed by atoms with E-state index in [2.05, 4.69) is 0 Å². The number of carbonyl (C=O) groups excluding carboxylic acids is 1. The van der Waals surface area contributed by atoms with Gasteiger partial charge >= 0.3 is 6.03 Å². The van der Waals surface area contributed by atoms with E-state index in [9.17, 15) is 13.2 Å². The average molecular weight is 423 g/mol. The number of ether oxygens (including phenoxy) is 1. The van der Waals surface area contributed by atoms with Gasteiger partial charge in [0.05, 0.1) is 24.5 Å². The Kier molecular flexibility index (Phi) is 5.22. The van der Waals surface area contributed by atoms with Gasteiger partial charge in [0.15, 0.2) is 0 Å². The number of fused-ring (bicyclic) bond motifs is 1. The number of para-hydroxylation sites is 1. The van der Waals surface area contributed by atoms with E-state index in [1.807, 2.05) is 38.1 Å². The summed E-state index contributed by atoms with van der Waals surface area (Å²) in [5.41, 5.74) is 2.68. The lowest BCUT2D eigenvalue weighted by Gasteiger charge is -2.36. The molecule has 0 fully saturated rings. The second-order valence-electron chi connectivity index (χ2n) is 7.02. The van der Waals surface area contributed by atoms with E-state index in [1.165, 1.54) is 11.0 Å². The van der Waals surface area contributed by atoms with Gasteiger partial charge in [-0.25, -0.2) is 13.2 Å². The molecular formula is C23H22N2O4S. The van der Waals surface area contributed by atoms with Crippen LogP contribution in [0, 0.1) is 6.92 Å². The van der Waals surface area contributed by atoms with E-state index in [0.29, 0.717) is 18.0 Å². The van der Waals surface area contributed by atoms with E-state index in [-0.39, 0.29) is 17.1 Å². The molecule has 2 amide bonds. The van der Waals surface area contributed by atoms with Crippen LogP contribution in [0.2, 0.25) is 0 Å². The SMILES string of the molecule is CCOc1ccc(N2C(=O)N(Cc3ccc(C)cc3)c3ccccc3S2(=O)=O)cc1. The Bertz CT molecular complexity index is 1170. The molecule has 30 heavy (non-hydrogen) atoms. The standard InChI is InChI=1S/C23H22N2O4S/c1-3-29-20-14-12-19(13-15-20)25-23(26)24(16-18-10-8-17(2)9-11-18)21-6-4-5-7-22(21)30(25,27)28/h4-15H,3,16H2,1-2H3. The zero-order valence-electron chi connectivity index (χ0n) is 16.8. The van der Waals surface area contributed by atoms with Crippen LogP contribution >= 0.6 is 0 Å². The fourth-order valence-electron chi connectivity index (χ4n) is 3.43. The summed E-state index contributed by atoms with van der Waals surface area (Å²) in [7, 11) is -4.04. The molecule has 0 spiro atoms. The van der Waals surface area contributed by atoms with Gasteiger partial charge in [-0.3, -0.25) is 4.90 Å². The van der Waals surface area contributed by atoms with Gasteiger partial charge in [0, 0.05) is 0 Å². The molecule has 0 aliphatic carbocycles. The average Bonchev–Trinajstić information content (AvgIpc) is 2.74. The van der Waals surface area contributed by atoms with Gasteiger partial charge in [0.2, 0.25) is 0 Å². The molecule has 3 aromatic rings. The molecule has 0 unspecified atom stereocenters. The molecule has 0 saturated carbocycles. The highest BCUT2D eigenvalue weighted by atomic mass is 32.2. The van der Waals surface area contributed by atoms with E-state index < -0.39 is 16.1 Å². The first-order chi connectivity index (χ1) is 14.4. The van der Waals surface area contributed by atoms with Crippen LogP contribution in [0.25, 0.3) is 0 Å². The molecule has 0 saturated heterocycles. The lowest BCUT2D eigenvalue weighted by molar-refractivity contribution is 0.253. The van der Waals surface area contributed by atoms with Gasteiger partial charge in [-0.2, -0.15) is 4.31 Å². The summed E-state index contributed by atoms with van der Waals surface area (Å²) in [5.74, 6) is 0.611. The minimum Gasteiger partial charge on any atom is -0.494 e. The van der Waals surface area contributed by atoms with Crippen LogP contribution in [0.1, 0.15) is 18.1 Å². The first-order valence-electron chi connectivity index (χ1n) is 9.66. The van der Waals surface area contributed by atoms with Crippen molar-refractivity contribution >= 4 is 27.4 Å². The molecule has 4 rings (SSSR count). The van der Waals surface area contributed by atoms with Crippen molar-refractivity contribution in [2.75, 3.05) is 15.8 Å². The summed E-state index contributed by atoms with van der Waals surface area (Å²) < 4.78 is 32.9. The summed E-state index contributed by atoms with van der Waals surface area (Å²) in [6.07, 6.45) is 0. The second kappa shape index (κ2) is 7.84. The third-order valence-electron chi connectivity index (χ3n) is 4.92. The fourth-order valence-corrected chi connectivity index (χ4v) is 5.03. The number of benzene rings is 3. The van der Waals surface area contributed by atoms with Crippen molar-refractivity contribution in [2.24, 2.45) is 0 Å². The zero-order valence-corrected chi connectivity index (χ0v) is 17.6. The van der Waals surface area contributed by atoms with Gasteiger partial charge in [0.1, 0.15) is 10.6 Å². The molecule has 0 aromatic heterocycles. The minimum atomic E-state index is -4.04. The molecule has 3 aromatic carbocycles. The molecule has 0 bridgehead atoms. The van der Waals surface area contributed by atoms with Crippen LogP contribution in [0.5, 0.6) is 5.75 Å². The Hall–Kier alpha value is -3.32. The van der Waals surface area contributed by atoms with E-state index >= 15 is 0 Å². The van der Waals surface area contributed by atoms with Crippen LogP contribution in [0.15, 0.2) is 77.7 Å². The number of nitrogens with zero attached hydrogens (tertiary/aromatic N) is 2. The first kappa shape index (κ1) is 20.0. The molecule has 6 nitrogen and oxygen atoms in total. The number of carbonyl (C=O) groups is 1. The summed E-state index contributed by atoms with van der Waals surface area (Å²) in [5, 5.41) is 0. The smallest absolute Gasteiger partial charge is 0.343 e. The van der Waals surface area contributed by atoms with Gasteiger partial charge in [-0.1, -0.05) is 42.0 Å². The van der Waals surface area contributed by atoms with E-state index in [0.717, 1.165) is 15.4 Å². The lowest BCUT2D eigenvalue weighted by Crippen LogP contribution is -2.50. The topological polar surface area (TPSA) is 66.9 Å². The molecule has 0 N–H and O–H groups in total. The van der Waals surface area contributed by atoms with Crippen molar-refractivity contribution in [1.29, 1.82) is 0 Å².